The molecule has 0 radical (unpaired) electrons. The van der Waals surface area contributed by atoms with Gasteiger partial charge in [0.05, 0.1) is 13.0 Å². The van der Waals surface area contributed by atoms with Gasteiger partial charge in [0.15, 0.2) is 0 Å². The van der Waals surface area contributed by atoms with Gasteiger partial charge in [0.2, 0.25) is 0 Å². The van der Waals surface area contributed by atoms with E-state index >= 15 is 0 Å². The summed E-state index contributed by atoms with van der Waals surface area (Å²) in [6, 6.07) is 14.2. The second-order valence-electron chi connectivity index (χ2n) is 4.30. The highest BCUT2D eigenvalue weighted by molar-refractivity contribution is 5.86. The van der Waals surface area contributed by atoms with Gasteiger partial charge < -0.3 is 10.5 Å². The van der Waals surface area contributed by atoms with Gasteiger partial charge in [-0.15, -0.1) is 0 Å². The number of hydrogen-bond acceptors (Lipinski definition) is 3. The lowest BCUT2D eigenvalue weighted by Crippen LogP contribution is -2.26. The fraction of sp³-hybridized carbons (Fsp3) is 0.267. The third-order valence-electron chi connectivity index (χ3n) is 3.17. The molecule has 0 amide bonds. The van der Waals surface area contributed by atoms with Crippen LogP contribution in [0.4, 0.5) is 0 Å². The van der Waals surface area contributed by atoms with E-state index in [4.69, 9.17) is 10.5 Å². The van der Waals surface area contributed by atoms with Crippen LogP contribution < -0.4 is 5.73 Å². The van der Waals surface area contributed by atoms with Crippen LogP contribution in [-0.2, 0) is 16.0 Å². The third-order valence-corrected chi connectivity index (χ3v) is 3.17. The summed E-state index contributed by atoms with van der Waals surface area (Å²) in [5.74, 6) is -0.522. The summed E-state index contributed by atoms with van der Waals surface area (Å²) >= 11 is 0. The maximum atomic E-state index is 11.6. The van der Waals surface area contributed by atoms with E-state index in [1.165, 1.54) is 17.9 Å². The summed E-state index contributed by atoms with van der Waals surface area (Å²) < 4.78 is 4.77. The number of rotatable bonds is 4. The van der Waals surface area contributed by atoms with E-state index in [9.17, 15) is 4.79 Å². The minimum atomic E-state index is -0.277. The third kappa shape index (κ3) is 2.51. The van der Waals surface area contributed by atoms with Crippen LogP contribution in [0, 0.1) is 5.92 Å². The lowest BCUT2D eigenvalue weighted by Gasteiger charge is -2.13. The topological polar surface area (TPSA) is 52.3 Å². The molecule has 2 aromatic rings. The standard InChI is InChI=1S/C15H17NO2/c1-18-15(17)13(10-16)9-12-7-4-6-11-5-2-3-8-14(11)12/h2-8,13H,9-10,16H2,1H3. The first kappa shape index (κ1) is 12.6. The Balaban J connectivity index is 2.33. The van der Waals surface area contributed by atoms with Gasteiger partial charge in [-0.3, -0.25) is 4.79 Å². The zero-order valence-electron chi connectivity index (χ0n) is 10.4. The Morgan fingerprint density at radius 2 is 1.94 bits per heavy atom. The molecule has 0 aliphatic rings. The van der Waals surface area contributed by atoms with Crippen molar-refractivity contribution in [3.05, 3.63) is 48.0 Å². The van der Waals surface area contributed by atoms with Gasteiger partial charge in [0, 0.05) is 6.54 Å². The number of carbonyl (C=O) groups is 1. The highest BCUT2D eigenvalue weighted by atomic mass is 16.5. The molecule has 0 spiro atoms. The van der Waals surface area contributed by atoms with Crippen LogP contribution in [0.1, 0.15) is 5.56 Å². The Morgan fingerprint density at radius 1 is 1.22 bits per heavy atom. The van der Waals surface area contributed by atoms with E-state index in [0.717, 1.165) is 5.56 Å². The molecule has 0 saturated carbocycles. The Kier molecular flexibility index (Phi) is 3.95. The molecule has 18 heavy (non-hydrogen) atoms. The Morgan fingerprint density at radius 3 is 2.67 bits per heavy atom. The zero-order valence-corrected chi connectivity index (χ0v) is 10.4. The molecule has 2 rings (SSSR count). The summed E-state index contributed by atoms with van der Waals surface area (Å²) in [5, 5.41) is 2.35. The molecule has 0 heterocycles. The first-order valence-corrected chi connectivity index (χ1v) is 6.00. The van der Waals surface area contributed by atoms with Crippen molar-refractivity contribution >= 4 is 16.7 Å². The minimum absolute atomic E-state index is 0.245. The minimum Gasteiger partial charge on any atom is -0.469 e. The summed E-state index contributed by atoms with van der Waals surface area (Å²) in [6.07, 6.45) is 0.616. The molecule has 94 valence electrons. The van der Waals surface area contributed by atoms with Gasteiger partial charge in [-0.25, -0.2) is 0 Å². The van der Waals surface area contributed by atoms with Gasteiger partial charge in [0.25, 0.3) is 0 Å². The smallest absolute Gasteiger partial charge is 0.310 e. The molecule has 0 aliphatic heterocycles. The summed E-state index contributed by atoms with van der Waals surface area (Å²) in [7, 11) is 1.40. The van der Waals surface area contributed by atoms with Crippen molar-refractivity contribution in [2.75, 3.05) is 13.7 Å². The number of ether oxygens (including phenoxy) is 1. The van der Waals surface area contributed by atoms with Gasteiger partial charge >= 0.3 is 5.97 Å². The number of fused-ring (bicyclic) bond motifs is 1. The molecule has 2 N–H and O–H groups in total. The molecule has 0 bridgehead atoms. The summed E-state index contributed by atoms with van der Waals surface area (Å²) in [4.78, 5) is 11.6. The molecule has 0 fully saturated rings. The number of esters is 1. The van der Waals surface area contributed by atoms with Crippen molar-refractivity contribution in [1.82, 2.24) is 0 Å². The van der Waals surface area contributed by atoms with Crippen LogP contribution in [0.5, 0.6) is 0 Å². The van der Waals surface area contributed by atoms with Crippen molar-refractivity contribution in [1.29, 1.82) is 0 Å². The predicted octanol–water partition coefficient (Wildman–Crippen LogP) is 2.13. The molecule has 0 aromatic heterocycles. The maximum Gasteiger partial charge on any atom is 0.310 e. The van der Waals surface area contributed by atoms with Crippen LogP contribution >= 0.6 is 0 Å². The highest BCUT2D eigenvalue weighted by Gasteiger charge is 2.18. The van der Waals surface area contributed by atoms with Crippen LogP contribution in [0.15, 0.2) is 42.5 Å². The van der Waals surface area contributed by atoms with Crippen molar-refractivity contribution in [3.63, 3.8) is 0 Å². The molecule has 0 aliphatic carbocycles. The van der Waals surface area contributed by atoms with E-state index in [-0.39, 0.29) is 11.9 Å². The van der Waals surface area contributed by atoms with Gasteiger partial charge in [0.1, 0.15) is 0 Å². The second kappa shape index (κ2) is 5.65. The number of hydrogen-bond donors (Lipinski definition) is 1. The lowest BCUT2D eigenvalue weighted by atomic mass is 9.95. The SMILES string of the molecule is COC(=O)C(CN)Cc1cccc2ccccc12. The largest absolute Gasteiger partial charge is 0.469 e. The molecule has 2 aromatic carbocycles. The first-order chi connectivity index (χ1) is 8.76. The number of nitrogens with two attached hydrogens (primary N) is 1. The van der Waals surface area contributed by atoms with E-state index in [1.807, 2.05) is 24.3 Å². The van der Waals surface area contributed by atoms with Crippen molar-refractivity contribution in [2.24, 2.45) is 11.7 Å². The first-order valence-electron chi connectivity index (χ1n) is 6.00. The molecule has 3 nitrogen and oxygen atoms in total. The van der Waals surface area contributed by atoms with Gasteiger partial charge in [-0.2, -0.15) is 0 Å². The summed E-state index contributed by atoms with van der Waals surface area (Å²) in [5.41, 5.74) is 6.77. The van der Waals surface area contributed by atoms with E-state index in [1.54, 1.807) is 0 Å². The van der Waals surface area contributed by atoms with Crippen LogP contribution in [0.2, 0.25) is 0 Å². The molecule has 0 saturated heterocycles. The van der Waals surface area contributed by atoms with Crippen molar-refractivity contribution in [3.8, 4) is 0 Å². The van der Waals surface area contributed by atoms with Crippen LogP contribution in [0.3, 0.4) is 0 Å². The van der Waals surface area contributed by atoms with E-state index in [0.29, 0.717) is 13.0 Å². The normalized spacial score (nSPS) is 12.3. The monoisotopic (exact) mass is 243 g/mol. The molecule has 3 heteroatoms. The average Bonchev–Trinajstić information content (AvgIpc) is 2.44. The molecular formula is C15H17NO2. The van der Waals surface area contributed by atoms with Crippen molar-refractivity contribution < 1.29 is 9.53 Å². The number of carbonyl (C=O) groups excluding carboxylic acids is 1. The van der Waals surface area contributed by atoms with Crippen molar-refractivity contribution in [2.45, 2.75) is 6.42 Å². The number of benzene rings is 2. The van der Waals surface area contributed by atoms with E-state index in [2.05, 4.69) is 18.2 Å². The maximum absolute atomic E-state index is 11.6. The van der Waals surface area contributed by atoms with Gasteiger partial charge in [-0.05, 0) is 22.8 Å². The fourth-order valence-corrected chi connectivity index (χ4v) is 2.17. The quantitative estimate of drug-likeness (QED) is 0.837. The molecular weight excluding hydrogens is 226 g/mol. The fourth-order valence-electron chi connectivity index (χ4n) is 2.17. The Bertz CT molecular complexity index is 546. The lowest BCUT2D eigenvalue weighted by molar-refractivity contribution is -0.145. The van der Waals surface area contributed by atoms with Gasteiger partial charge in [-0.1, -0.05) is 42.5 Å². The number of methoxy groups -OCH3 is 1. The average molecular weight is 243 g/mol. The molecule has 1 atom stereocenters. The predicted molar refractivity (Wildman–Crippen MR) is 72.2 cm³/mol. The Hall–Kier alpha value is -1.87. The molecule has 1 unspecified atom stereocenters. The summed E-state index contributed by atoms with van der Waals surface area (Å²) in [6.45, 7) is 0.301. The zero-order chi connectivity index (χ0) is 13.0. The highest BCUT2D eigenvalue weighted by Crippen LogP contribution is 2.21. The van der Waals surface area contributed by atoms with Crippen LogP contribution in [0.25, 0.3) is 10.8 Å². The Labute approximate surface area is 107 Å². The van der Waals surface area contributed by atoms with Crippen LogP contribution in [-0.4, -0.2) is 19.6 Å². The second-order valence-corrected chi connectivity index (χ2v) is 4.30. The van der Waals surface area contributed by atoms with E-state index < -0.39 is 0 Å².